The quantitative estimate of drug-likeness (QED) is 0.681. The Hall–Kier alpha value is -0.520. The molecule has 0 aliphatic heterocycles. The predicted molar refractivity (Wildman–Crippen MR) is 65.8 cm³/mol. The molecule has 0 aromatic rings. The van der Waals surface area contributed by atoms with Crippen molar-refractivity contribution in [1.29, 1.82) is 0 Å². The van der Waals surface area contributed by atoms with E-state index in [0.717, 1.165) is 13.0 Å². The Balaban J connectivity index is 4.50. The van der Waals surface area contributed by atoms with E-state index in [1.807, 2.05) is 6.92 Å². The van der Waals surface area contributed by atoms with E-state index in [1.165, 1.54) is 0 Å². The van der Waals surface area contributed by atoms with Gasteiger partial charge in [-0.2, -0.15) is 0 Å². The van der Waals surface area contributed by atoms with Gasteiger partial charge in [-0.25, -0.2) is 0 Å². The lowest BCUT2D eigenvalue weighted by molar-refractivity contribution is -0.0236. The maximum Gasteiger partial charge on any atom is 0.0957 e. The Labute approximate surface area is 94.8 Å². The van der Waals surface area contributed by atoms with Gasteiger partial charge in [0.2, 0.25) is 0 Å². The average Bonchev–Trinajstić information content (AvgIpc) is 2.15. The summed E-state index contributed by atoms with van der Waals surface area (Å²) in [6.07, 6.45) is 6.70. The molecule has 0 rings (SSSR count). The molecule has 0 aromatic carbocycles. The lowest BCUT2D eigenvalue weighted by atomic mass is 9.84. The summed E-state index contributed by atoms with van der Waals surface area (Å²) >= 11 is 0. The molecule has 88 valence electrons. The van der Waals surface area contributed by atoms with Crippen molar-refractivity contribution in [3.05, 3.63) is 0 Å². The lowest BCUT2D eigenvalue weighted by Crippen LogP contribution is -2.47. The lowest BCUT2D eigenvalue weighted by Gasteiger charge is -2.34. The largest absolute Gasteiger partial charge is 0.375 e. The molecule has 0 heterocycles. The minimum atomic E-state index is 0.00454. The highest BCUT2D eigenvalue weighted by atomic mass is 16.5. The van der Waals surface area contributed by atoms with Gasteiger partial charge in [-0.3, -0.25) is 0 Å². The second kappa shape index (κ2) is 6.87. The van der Waals surface area contributed by atoms with Crippen LogP contribution in [0.15, 0.2) is 0 Å². The van der Waals surface area contributed by atoms with E-state index in [1.54, 1.807) is 0 Å². The first kappa shape index (κ1) is 14.5. The summed E-state index contributed by atoms with van der Waals surface area (Å²) in [5.41, 5.74) is 0.0633. The molecule has 0 aliphatic rings. The highest BCUT2D eigenvalue weighted by Crippen LogP contribution is 2.24. The van der Waals surface area contributed by atoms with Crippen LogP contribution in [0.1, 0.15) is 41.0 Å². The highest BCUT2D eigenvalue weighted by Gasteiger charge is 2.31. The van der Waals surface area contributed by atoms with Crippen LogP contribution in [0.4, 0.5) is 0 Å². The van der Waals surface area contributed by atoms with Gasteiger partial charge in [-0.15, -0.1) is 6.42 Å². The summed E-state index contributed by atoms with van der Waals surface area (Å²) in [6.45, 7) is 12.3. The number of rotatable bonds is 6. The zero-order valence-corrected chi connectivity index (χ0v) is 10.8. The van der Waals surface area contributed by atoms with Gasteiger partial charge >= 0.3 is 0 Å². The van der Waals surface area contributed by atoms with Gasteiger partial charge in [0.1, 0.15) is 0 Å². The van der Waals surface area contributed by atoms with Gasteiger partial charge in [-0.05, 0) is 25.3 Å². The molecule has 0 saturated heterocycles. The molecule has 0 bridgehead atoms. The fourth-order valence-corrected chi connectivity index (χ4v) is 1.58. The SMILES string of the molecule is C#CC(NCCC)C(OCC)C(C)(C)C. The topological polar surface area (TPSA) is 21.3 Å². The fraction of sp³-hybridized carbons (Fsp3) is 0.846. The van der Waals surface area contributed by atoms with Crippen LogP contribution < -0.4 is 5.32 Å². The Kier molecular flexibility index (Phi) is 6.63. The Morgan fingerprint density at radius 2 is 1.93 bits per heavy atom. The normalized spacial score (nSPS) is 15.7. The van der Waals surface area contributed by atoms with Gasteiger partial charge in [0.25, 0.3) is 0 Å². The third-order valence-corrected chi connectivity index (χ3v) is 2.30. The molecule has 0 saturated carbocycles. The molecule has 2 heteroatoms. The van der Waals surface area contributed by atoms with E-state index < -0.39 is 0 Å². The molecular weight excluding hydrogens is 186 g/mol. The van der Waals surface area contributed by atoms with Crippen molar-refractivity contribution in [2.75, 3.05) is 13.2 Å². The molecule has 2 nitrogen and oxygen atoms in total. The molecule has 0 aromatic heterocycles. The minimum Gasteiger partial charge on any atom is -0.375 e. The van der Waals surface area contributed by atoms with Crippen LogP contribution in [0, 0.1) is 17.8 Å². The molecule has 2 atom stereocenters. The van der Waals surface area contributed by atoms with Crippen molar-refractivity contribution in [2.24, 2.45) is 5.41 Å². The number of nitrogens with one attached hydrogen (secondary N) is 1. The van der Waals surface area contributed by atoms with Crippen molar-refractivity contribution in [3.8, 4) is 12.3 Å². The third kappa shape index (κ3) is 5.20. The monoisotopic (exact) mass is 211 g/mol. The smallest absolute Gasteiger partial charge is 0.0957 e. The summed E-state index contributed by atoms with van der Waals surface area (Å²) in [4.78, 5) is 0. The number of hydrogen-bond donors (Lipinski definition) is 1. The summed E-state index contributed by atoms with van der Waals surface area (Å²) in [6, 6.07) is 0.00454. The molecule has 0 fully saturated rings. The van der Waals surface area contributed by atoms with Crippen molar-refractivity contribution in [3.63, 3.8) is 0 Å². The van der Waals surface area contributed by atoms with E-state index in [2.05, 4.69) is 38.9 Å². The molecule has 2 unspecified atom stereocenters. The van der Waals surface area contributed by atoms with Crippen molar-refractivity contribution in [2.45, 2.75) is 53.2 Å². The van der Waals surface area contributed by atoms with E-state index in [9.17, 15) is 0 Å². The van der Waals surface area contributed by atoms with E-state index in [4.69, 9.17) is 11.2 Å². The minimum absolute atomic E-state index is 0.00454. The standard InChI is InChI=1S/C13H25NO/c1-7-10-14-11(8-2)12(15-9-3)13(4,5)6/h2,11-12,14H,7,9-10H2,1,3-6H3. The van der Waals surface area contributed by atoms with Crippen molar-refractivity contribution >= 4 is 0 Å². The molecule has 0 aliphatic carbocycles. The zero-order chi connectivity index (χ0) is 11.9. The summed E-state index contributed by atoms with van der Waals surface area (Å²) < 4.78 is 5.75. The van der Waals surface area contributed by atoms with Crippen LogP contribution >= 0.6 is 0 Å². The fourth-order valence-electron chi connectivity index (χ4n) is 1.58. The maximum absolute atomic E-state index is 5.75. The van der Waals surface area contributed by atoms with E-state index in [-0.39, 0.29) is 17.6 Å². The van der Waals surface area contributed by atoms with Gasteiger partial charge in [0.15, 0.2) is 0 Å². The second-order valence-corrected chi connectivity index (χ2v) is 4.84. The van der Waals surface area contributed by atoms with Crippen molar-refractivity contribution in [1.82, 2.24) is 5.32 Å². The Bertz CT molecular complexity index is 200. The number of hydrogen-bond acceptors (Lipinski definition) is 2. The molecule has 0 spiro atoms. The summed E-state index contributed by atoms with van der Waals surface area (Å²) in [7, 11) is 0. The van der Waals surface area contributed by atoms with Crippen LogP contribution in [-0.2, 0) is 4.74 Å². The molecule has 15 heavy (non-hydrogen) atoms. The first-order chi connectivity index (χ1) is 6.97. The van der Waals surface area contributed by atoms with Gasteiger partial charge in [-0.1, -0.05) is 33.6 Å². The number of terminal acetylenes is 1. The summed E-state index contributed by atoms with van der Waals surface area (Å²) in [5, 5.41) is 3.35. The second-order valence-electron chi connectivity index (χ2n) is 4.84. The van der Waals surface area contributed by atoms with Crippen LogP contribution in [-0.4, -0.2) is 25.3 Å². The Morgan fingerprint density at radius 3 is 2.27 bits per heavy atom. The first-order valence-electron chi connectivity index (χ1n) is 5.78. The van der Waals surface area contributed by atoms with Crippen molar-refractivity contribution < 1.29 is 4.74 Å². The average molecular weight is 211 g/mol. The third-order valence-electron chi connectivity index (χ3n) is 2.30. The molecule has 0 radical (unpaired) electrons. The maximum atomic E-state index is 5.75. The van der Waals surface area contributed by atoms with Crippen LogP contribution in [0.5, 0.6) is 0 Å². The zero-order valence-electron chi connectivity index (χ0n) is 10.8. The van der Waals surface area contributed by atoms with E-state index >= 15 is 0 Å². The molecule has 0 amide bonds. The molecule has 1 N–H and O–H groups in total. The predicted octanol–water partition coefficient (Wildman–Crippen LogP) is 2.44. The Morgan fingerprint density at radius 1 is 1.33 bits per heavy atom. The highest BCUT2D eigenvalue weighted by molar-refractivity contribution is 5.06. The van der Waals surface area contributed by atoms with Crippen LogP contribution in [0.25, 0.3) is 0 Å². The van der Waals surface area contributed by atoms with Gasteiger partial charge in [0, 0.05) is 6.61 Å². The van der Waals surface area contributed by atoms with Crippen LogP contribution in [0.2, 0.25) is 0 Å². The molecular formula is C13H25NO. The van der Waals surface area contributed by atoms with Crippen LogP contribution in [0.3, 0.4) is 0 Å². The van der Waals surface area contributed by atoms with E-state index in [0.29, 0.717) is 6.61 Å². The summed E-state index contributed by atoms with van der Waals surface area (Å²) in [5.74, 6) is 2.79. The first-order valence-corrected chi connectivity index (χ1v) is 5.78. The van der Waals surface area contributed by atoms with Gasteiger partial charge < -0.3 is 10.1 Å². The number of ether oxygens (including phenoxy) is 1. The van der Waals surface area contributed by atoms with Gasteiger partial charge in [0.05, 0.1) is 12.1 Å².